The van der Waals surface area contributed by atoms with Crippen LogP contribution in [-0.4, -0.2) is 17.8 Å². The predicted molar refractivity (Wildman–Crippen MR) is 67.5 cm³/mol. The van der Waals surface area contributed by atoms with Gasteiger partial charge in [0.1, 0.15) is 5.75 Å². The molecule has 5 heteroatoms. The second-order valence-corrected chi connectivity index (χ2v) is 4.59. The Labute approximate surface area is 109 Å². The van der Waals surface area contributed by atoms with Gasteiger partial charge in [-0.2, -0.15) is 13.2 Å². The summed E-state index contributed by atoms with van der Waals surface area (Å²) in [5.74, 6) is 0.225. The summed E-state index contributed by atoms with van der Waals surface area (Å²) in [6, 6.07) is 5.12. The van der Waals surface area contributed by atoms with Crippen LogP contribution in [0.4, 0.5) is 13.2 Å². The van der Waals surface area contributed by atoms with Crippen LogP contribution in [0.3, 0.4) is 0 Å². The van der Waals surface area contributed by atoms with E-state index >= 15 is 0 Å². The van der Waals surface area contributed by atoms with Crippen molar-refractivity contribution in [3.8, 4) is 5.75 Å². The Morgan fingerprint density at radius 3 is 2.42 bits per heavy atom. The van der Waals surface area contributed by atoms with E-state index in [0.717, 1.165) is 16.8 Å². The van der Waals surface area contributed by atoms with Crippen molar-refractivity contribution in [2.75, 3.05) is 6.61 Å². The lowest BCUT2D eigenvalue weighted by Gasteiger charge is -2.14. The van der Waals surface area contributed by atoms with Crippen molar-refractivity contribution in [2.24, 2.45) is 0 Å². The molecule has 0 fully saturated rings. The molecule has 0 saturated heterocycles. The van der Waals surface area contributed by atoms with Crippen LogP contribution in [-0.2, 0) is 0 Å². The van der Waals surface area contributed by atoms with Gasteiger partial charge in [-0.15, -0.1) is 0 Å². The minimum Gasteiger partial charge on any atom is -0.483 e. The Bertz CT molecular complexity index is 620. The van der Waals surface area contributed by atoms with Gasteiger partial charge in [0.15, 0.2) is 6.61 Å². The number of halogens is 3. The van der Waals surface area contributed by atoms with Crippen molar-refractivity contribution < 1.29 is 17.9 Å². The van der Waals surface area contributed by atoms with Gasteiger partial charge in [-0.05, 0) is 44.0 Å². The summed E-state index contributed by atoms with van der Waals surface area (Å²) in [6.45, 7) is 4.28. The van der Waals surface area contributed by atoms with E-state index in [0.29, 0.717) is 10.9 Å². The number of ether oxygens (including phenoxy) is 1. The molecule has 1 heterocycles. The smallest absolute Gasteiger partial charge is 0.422 e. The number of benzene rings is 1. The molecule has 1 aromatic heterocycles. The molecule has 19 heavy (non-hydrogen) atoms. The van der Waals surface area contributed by atoms with E-state index in [9.17, 15) is 13.2 Å². The first-order valence-electron chi connectivity index (χ1n) is 5.85. The van der Waals surface area contributed by atoms with Crippen molar-refractivity contribution in [3.63, 3.8) is 0 Å². The number of rotatable bonds is 2. The molecule has 2 nitrogen and oxygen atoms in total. The fourth-order valence-corrected chi connectivity index (χ4v) is 2.08. The van der Waals surface area contributed by atoms with Gasteiger partial charge in [0.2, 0.25) is 0 Å². The molecule has 2 aromatic rings. The van der Waals surface area contributed by atoms with Crippen LogP contribution in [0, 0.1) is 20.8 Å². The summed E-state index contributed by atoms with van der Waals surface area (Å²) in [5.41, 5.74) is 3.31. The summed E-state index contributed by atoms with van der Waals surface area (Å²) in [7, 11) is 0. The average Bonchev–Trinajstić information content (AvgIpc) is 2.27. The number of aryl methyl sites for hydroxylation is 3. The molecule has 0 bridgehead atoms. The van der Waals surface area contributed by atoms with Crippen LogP contribution in [0.25, 0.3) is 10.9 Å². The third kappa shape index (κ3) is 2.97. The Morgan fingerprint density at radius 1 is 1.11 bits per heavy atom. The minimum absolute atomic E-state index is 0.225. The molecular formula is C14H14F3NO. The molecule has 0 radical (unpaired) electrons. The highest BCUT2D eigenvalue weighted by Gasteiger charge is 2.28. The molecule has 0 aliphatic heterocycles. The highest BCUT2D eigenvalue weighted by molar-refractivity contribution is 5.90. The molecule has 1 aromatic carbocycles. The van der Waals surface area contributed by atoms with Gasteiger partial charge in [-0.3, -0.25) is 4.98 Å². The van der Waals surface area contributed by atoms with Crippen LogP contribution in [0.15, 0.2) is 18.2 Å². The molecule has 0 amide bonds. The zero-order chi connectivity index (χ0) is 14.2. The molecule has 0 atom stereocenters. The van der Waals surface area contributed by atoms with Crippen molar-refractivity contribution in [2.45, 2.75) is 26.9 Å². The van der Waals surface area contributed by atoms with Gasteiger partial charge in [0, 0.05) is 11.1 Å². The first-order valence-corrected chi connectivity index (χ1v) is 5.85. The van der Waals surface area contributed by atoms with E-state index in [1.54, 1.807) is 12.1 Å². The largest absolute Gasteiger partial charge is 0.483 e. The van der Waals surface area contributed by atoms with Gasteiger partial charge in [0.25, 0.3) is 0 Å². The number of hydrogen-bond acceptors (Lipinski definition) is 2. The molecule has 0 aliphatic rings. The summed E-state index contributed by atoms with van der Waals surface area (Å²) in [5, 5.41) is 0.648. The van der Waals surface area contributed by atoms with E-state index in [2.05, 4.69) is 4.98 Å². The fraction of sp³-hybridized carbons (Fsp3) is 0.357. The summed E-state index contributed by atoms with van der Waals surface area (Å²) >= 11 is 0. The molecular weight excluding hydrogens is 255 g/mol. The molecule has 0 N–H and O–H groups in total. The first-order chi connectivity index (χ1) is 8.78. The summed E-state index contributed by atoms with van der Waals surface area (Å²) in [4.78, 5) is 4.38. The Hall–Kier alpha value is -1.78. The van der Waals surface area contributed by atoms with Crippen LogP contribution < -0.4 is 4.74 Å². The monoisotopic (exact) mass is 269 g/mol. The molecule has 0 aliphatic carbocycles. The molecule has 2 rings (SSSR count). The quantitative estimate of drug-likeness (QED) is 0.818. The topological polar surface area (TPSA) is 22.1 Å². The van der Waals surface area contributed by atoms with Gasteiger partial charge in [-0.1, -0.05) is 6.07 Å². The van der Waals surface area contributed by atoms with Crippen LogP contribution in [0.5, 0.6) is 5.75 Å². The standard InChI is InChI=1S/C14H14F3NO/c1-8-4-5-11(19-7-14(15,16)17)12-9(2)6-10(3)18-13(8)12/h4-6H,7H2,1-3H3. The van der Waals surface area contributed by atoms with Crippen LogP contribution >= 0.6 is 0 Å². The van der Waals surface area contributed by atoms with Gasteiger partial charge < -0.3 is 4.74 Å². The maximum absolute atomic E-state index is 12.2. The zero-order valence-corrected chi connectivity index (χ0v) is 10.9. The van der Waals surface area contributed by atoms with E-state index in [1.165, 1.54) is 0 Å². The normalized spacial score (nSPS) is 11.9. The molecule has 0 spiro atoms. The Kier molecular flexibility index (Phi) is 3.39. The van der Waals surface area contributed by atoms with Gasteiger partial charge >= 0.3 is 6.18 Å². The highest BCUT2D eigenvalue weighted by atomic mass is 19.4. The van der Waals surface area contributed by atoms with Gasteiger partial charge in [-0.25, -0.2) is 0 Å². The lowest BCUT2D eigenvalue weighted by molar-refractivity contribution is -0.153. The maximum Gasteiger partial charge on any atom is 0.422 e. The summed E-state index contributed by atoms with van der Waals surface area (Å²) < 4.78 is 41.6. The Morgan fingerprint density at radius 2 is 1.79 bits per heavy atom. The average molecular weight is 269 g/mol. The number of nitrogens with zero attached hydrogens (tertiary/aromatic N) is 1. The van der Waals surface area contributed by atoms with Crippen molar-refractivity contribution in [1.82, 2.24) is 4.98 Å². The van der Waals surface area contributed by atoms with E-state index in [4.69, 9.17) is 4.74 Å². The van der Waals surface area contributed by atoms with Crippen LogP contribution in [0.1, 0.15) is 16.8 Å². The Balaban J connectivity index is 2.54. The van der Waals surface area contributed by atoms with Crippen LogP contribution in [0.2, 0.25) is 0 Å². The second kappa shape index (κ2) is 4.72. The maximum atomic E-state index is 12.2. The number of aromatic nitrogens is 1. The number of pyridine rings is 1. The minimum atomic E-state index is -4.34. The number of alkyl halides is 3. The van der Waals surface area contributed by atoms with E-state index in [-0.39, 0.29) is 5.75 Å². The zero-order valence-electron chi connectivity index (χ0n) is 10.9. The number of hydrogen-bond donors (Lipinski definition) is 0. The van der Waals surface area contributed by atoms with E-state index < -0.39 is 12.8 Å². The third-order valence-electron chi connectivity index (χ3n) is 2.84. The second-order valence-electron chi connectivity index (χ2n) is 4.59. The number of fused-ring (bicyclic) bond motifs is 1. The SMILES string of the molecule is Cc1cc(C)c2c(OCC(F)(F)F)ccc(C)c2n1. The van der Waals surface area contributed by atoms with Crippen molar-refractivity contribution in [1.29, 1.82) is 0 Å². The lowest BCUT2D eigenvalue weighted by atomic mass is 10.0. The lowest BCUT2D eigenvalue weighted by Crippen LogP contribution is -2.19. The fourth-order valence-electron chi connectivity index (χ4n) is 2.08. The predicted octanol–water partition coefficient (Wildman–Crippen LogP) is 4.10. The van der Waals surface area contributed by atoms with Crippen molar-refractivity contribution >= 4 is 10.9 Å². The molecule has 0 saturated carbocycles. The third-order valence-corrected chi connectivity index (χ3v) is 2.84. The molecule has 102 valence electrons. The van der Waals surface area contributed by atoms with Gasteiger partial charge in [0.05, 0.1) is 5.52 Å². The highest BCUT2D eigenvalue weighted by Crippen LogP contribution is 2.31. The molecule has 0 unspecified atom stereocenters. The van der Waals surface area contributed by atoms with Crippen molar-refractivity contribution in [3.05, 3.63) is 35.0 Å². The van der Waals surface area contributed by atoms with E-state index in [1.807, 2.05) is 26.8 Å². The summed E-state index contributed by atoms with van der Waals surface area (Å²) in [6.07, 6.45) is -4.34. The first kappa shape index (κ1) is 13.6.